The summed E-state index contributed by atoms with van der Waals surface area (Å²) >= 11 is 0. The predicted molar refractivity (Wildman–Crippen MR) is 86.6 cm³/mol. The van der Waals surface area contributed by atoms with Gasteiger partial charge in [-0.05, 0) is 26.3 Å². The summed E-state index contributed by atoms with van der Waals surface area (Å²) in [6.07, 6.45) is -2.65. The second-order valence-corrected chi connectivity index (χ2v) is 6.51. The maximum absolute atomic E-state index is 13.9. The molecule has 1 rings (SSSR count). The molecular weight excluding hydrogens is 352 g/mol. The van der Waals surface area contributed by atoms with Crippen molar-refractivity contribution in [2.45, 2.75) is 51.4 Å². The number of hydrogen-bond donors (Lipinski definition) is 2. The van der Waals surface area contributed by atoms with Crippen LogP contribution in [0.15, 0.2) is 30.3 Å². The maximum atomic E-state index is 13.9. The number of esters is 1. The van der Waals surface area contributed by atoms with Gasteiger partial charge >= 0.3 is 24.0 Å². The number of alkyl halides is 2. The van der Waals surface area contributed by atoms with Crippen molar-refractivity contribution in [3.8, 4) is 0 Å². The number of carbonyl (C=O) groups is 3. The van der Waals surface area contributed by atoms with Gasteiger partial charge in [-0.2, -0.15) is 8.78 Å². The van der Waals surface area contributed by atoms with Crippen LogP contribution in [-0.2, 0) is 25.7 Å². The normalized spacial score (nSPS) is 12.8. The highest BCUT2D eigenvalue weighted by Gasteiger charge is 2.46. The summed E-state index contributed by atoms with van der Waals surface area (Å²) in [5.74, 6) is -7.69. The Balaban J connectivity index is 2.66. The van der Waals surface area contributed by atoms with Crippen molar-refractivity contribution in [1.29, 1.82) is 0 Å². The Hall–Kier alpha value is -2.71. The third-order valence-corrected chi connectivity index (χ3v) is 2.96. The SMILES string of the molecule is CC(C)(C)OC(=O)C(F)(F)C[C@@H](NC(=O)OCc1ccccc1)C(=O)O. The first-order chi connectivity index (χ1) is 11.9. The number of amides is 1. The van der Waals surface area contributed by atoms with Crippen molar-refractivity contribution in [1.82, 2.24) is 5.32 Å². The van der Waals surface area contributed by atoms with Gasteiger partial charge in [0.2, 0.25) is 0 Å². The summed E-state index contributed by atoms with van der Waals surface area (Å²) < 4.78 is 37.2. The number of carboxylic acid groups (broad SMARTS) is 1. The topological polar surface area (TPSA) is 102 Å². The monoisotopic (exact) mass is 373 g/mol. The molecule has 0 saturated carbocycles. The molecule has 0 radical (unpaired) electrons. The number of aliphatic carboxylic acids is 1. The number of rotatable bonds is 7. The van der Waals surface area contributed by atoms with Crippen LogP contribution < -0.4 is 5.32 Å². The lowest BCUT2D eigenvalue weighted by atomic mass is 10.1. The number of carbonyl (C=O) groups excluding carboxylic acids is 2. The Morgan fingerprint density at radius 3 is 2.23 bits per heavy atom. The highest BCUT2D eigenvalue weighted by molar-refractivity contribution is 5.83. The van der Waals surface area contributed by atoms with Gasteiger partial charge in [0.1, 0.15) is 18.2 Å². The van der Waals surface area contributed by atoms with Gasteiger partial charge < -0.3 is 19.9 Å². The van der Waals surface area contributed by atoms with Crippen molar-refractivity contribution in [2.24, 2.45) is 0 Å². The molecule has 0 bridgehead atoms. The Bertz CT molecular complexity index is 642. The molecular formula is C17H21F2NO6. The molecule has 0 aliphatic rings. The Labute approximate surface area is 149 Å². The van der Waals surface area contributed by atoms with E-state index in [9.17, 15) is 23.2 Å². The summed E-state index contributed by atoms with van der Waals surface area (Å²) in [6.45, 7) is 4.03. The molecule has 9 heteroatoms. The Kier molecular flexibility index (Phi) is 7.05. The minimum Gasteiger partial charge on any atom is -0.480 e. The van der Waals surface area contributed by atoms with Crippen LogP contribution in [0.4, 0.5) is 13.6 Å². The first kappa shape index (κ1) is 21.3. The van der Waals surface area contributed by atoms with E-state index < -0.39 is 42.0 Å². The van der Waals surface area contributed by atoms with Gasteiger partial charge in [-0.15, -0.1) is 0 Å². The minimum atomic E-state index is -4.09. The van der Waals surface area contributed by atoms with Crippen molar-refractivity contribution in [3.63, 3.8) is 0 Å². The first-order valence-electron chi connectivity index (χ1n) is 7.72. The second kappa shape index (κ2) is 8.59. The number of benzene rings is 1. The number of halogens is 2. The standard InChI is InChI=1S/C17H21F2NO6/c1-16(2,3)26-14(23)17(18,19)9-12(13(21)22)20-15(24)25-10-11-7-5-4-6-8-11/h4-8,12H,9-10H2,1-3H3,(H,20,24)(H,21,22)/t12-/m1/s1. The van der Waals surface area contributed by atoms with Gasteiger partial charge in [0.05, 0.1) is 6.42 Å². The maximum Gasteiger partial charge on any atom is 0.408 e. The third kappa shape index (κ3) is 7.45. The van der Waals surface area contributed by atoms with Crippen molar-refractivity contribution < 1.29 is 37.7 Å². The van der Waals surface area contributed by atoms with Crippen molar-refractivity contribution in [2.75, 3.05) is 0 Å². The van der Waals surface area contributed by atoms with E-state index in [4.69, 9.17) is 9.84 Å². The molecule has 0 aliphatic carbocycles. The van der Waals surface area contributed by atoms with E-state index in [1.165, 1.54) is 20.8 Å². The third-order valence-electron chi connectivity index (χ3n) is 2.96. The molecule has 1 aromatic carbocycles. The average Bonchev–Trinajstić information content (AvgIpc) is 2.51. The average molecular weight is 373 g/mol. The summed E-state index contributed by atoms with van der Waals surface area (Å²) in [6, 6.07) is 6.47. The first-order valence-corrected chi connectivity index (χ1v) is 7.72. The lowest BCUT2D eigenvalue weighted by Gasteiger charge is -2.25. The fraction of sp³-hybridized carbons (Fsp3) is 0.471. The minimum absolute atomic E-state index is 0.165. The van der Waals surface area contributed by atoms with Gasteiger partial charge in [0.25, 0.3) is 0 Å². The van der Waals surface area contributed by atoms with Crippen LogP contribution in [0.3, 0.4) is 0 Å². The molecule has 0 fully saturated rings. The number of nitrogens with one attached hydrogen (secondary N) is 1. The predicted octanol–water partition coefficient (Wildman–Crippen LogP) is 2.73. The van der Waals surface area contributed by atoms with Crippen LogP contribution in [0.5, 0.6) is 0 Å². The fourth-order valence-electron chi connectivity index (χ4n) is 1.80. The molecule has 144 valence electrons. The van der Waals surface area contributed by atoms with Gasteiger partial charge in [-0.3, -0.25) is 0 Å². The summed E-state index contributed by atoms with van der Waals surface area (Å²) in [4.78, 5) is 34.3. The van der Waals surface area contributed by atoms with E-state index in [0.29, 0.717) is 5.56 Å². The van der Waals surface area contributed by atoms with Crippen LogP contribution in [0.25, 0.3) is 0 Å². The fourth-order valence-corrected chi connectivity index (χ4v) is 1.80. The summed E-state index contributed by atoms with van der Waals surface area (Å²) in [5.41, 5.74) is -0.532. The van der Waals surface area contributed by atoms with E-state index in [1.54, 1.807) is 30.3 Å². The number of carboxylic acids is 1. The molecule has 0 saturated heterocycles. The largest absolute Gasteiger partial charge is 0.480 e. The van der Waals surface area contributed by atoms with Crippen LogP contribution in [0, 0.1) is 0 Å². The van der Waals surface area contributed by atoms with Gasteiger partial charge in [0, 0.05) is 0 Å². The number of alkyl carbamates (subject to hydrolysis) is 1. The van der Waals surface area contributed by atoms with Gasteiger partial charge in [0.15, 0.2) is 0 Å². The molecule has 0 unspecified atom stereocenters. The second-order valence-electron chi connectivity index (χ2n) is 6.51. The lowest BCUT2D eigenvalue weighted by Crippen LogP contribution is -2.48. The van der Waals surface area contributed by atoms with Crippen LogP contribution in [0.2, 0.25) is 0 Å². The number of ether oxygens (including phenoxy) is 2. The molecule has 0 spiro atoms. The van der Waals surface area contributed by atoms with Crippen molar-refractivity contribution in [3.05, 3.63) is 35.9 Å². The Morgan fingerprint density at radius 2 is 1.73 bits per heavy atom. The van der Waals surface area contributed by atoms with E-state index in [-0.39, 0.29) is 6.61 Å². The van der Waals surface area contributed by atoms with E-state index in [0.717, 1.165) is 0 Å². The van der Waals surface area contributed by atoms with E-state index in [2.05, 4.69) is 4.74 Å². The molecule has 7 nitrogen and oxygen atoms in total. The quantitative estimate of drug-likeness (QED) is 0.713. The number of hydrogen-bond acceptors (Lipinski definition) is 5. The summed E-state index contributed by atoms with van der Waals surface area (Å²) in [5, 5.41) is 10.8. The van der Waals surface area contributed by atoms with Gasteiger partial charge in [-0.25, -0.2) is 14.4 Å². The molecule has 1 atom stereocenters. The van der Waals surface area contributed by atoms with Crippen LogP contribution >= 0.6 is 0 Å². The van der Waals surface area contributed by atoms with Crippen LogP contribution in [-0.4, -0.2) is 40.7 Å². The molecule has 1 amide bonds. The highest BCUT2D eigenvalue weighted by Crippen LogP contribution is 2.25. The molecule has 0 aliphatic heterocycles. The van der Waals surface area contributed by atoms with Crippen molar-refractivity contribution >= 4 is 18.0 Å². The molecule has 0 heterocycles. The zero-order valence-electron chi connectivity index (χ0n) is 14.6. The smallest absolute Gasteiger partial charge is 0.408 e. The summed E-state index contributed by atoms with van der Waals surface area (Å²) in [7, 11) is 0. The molecule has 2 N–H and O–H groups in total. The Morgan fingerprint density at radius 1 is 1.15 bits per heavy atom. The van der Waals surface area contributed by atoms with Gasteiger partial charge in [-0.1, -0.05) is 30.3 Å². The zero-order valence-corrected chi connectivity index (χ0v) is 14.6. The highest BCUT2D eigenvalue weighted by atomic mass is 19.3. The molecule has 0 aromatic heterocycles. The molecule has 26 heavy (non-hydrogen) atoms. The molecule has 1 aromatic rings. The van der Waals surface area contributed by atoms with E-state index in [1.807, 2.05) is 5.32 Å². The lowest BCUT2D eigenvalue weighted by molar-refractivity contribution is -0.185. The van der Waals surface area contributed by atoms with Crippen LogP contribution in [0.1, 0.15) is 32.8 Å². The zero-order chi connectivity index (χ0) is 20.0. The van der Waals surface area contributed by atoms with E-state index >= 15 is 0 Å².